The van der Waals surface area contributed by atoms with Crippen molar-refractivity contribution in [2.24, 2.45) is 5.14 Å². The highest BCUT2D eigenvalue weighted by Crippen LogP contribution is 2.17. The van der Waals surface area contributed by atoms with Crippen LogP contribution in [0.1, 0.15) is 68.8 Å². The first kappa shape index (κ1) is 23.6. The molecular formula is C18H32N2O4S. The van der Waals surface area contributed by atoms with Crippen LogP contribution in [0.4, 0.5) is 0 Å². The van der Waals surface area contributed by atoms with E-state index in [0.29, 0.717) is 12.0 Å². The maximum Gasteiger partial charge on any atom is 0.335 e. The number of hydrogen-bond acceptors (Lipinski definition) is 4. The van der Waals surface area contributed by atoms with E-state index in [9.17, 15) is 13.2 Å². The summed E-state index contributed by atoms with van der Waals surface area (Å²) in [5.74, 6) is -1.07. The highest BCUT2D eigenvalue weighted by atomic mass is 32.2. The second-order valence-corrected chi connectivity index (χ2v) is 7.44. The van der Waals surface area contributed by atoms with Crippen molar-refractivity contribution < 1.29 is 18.3 Å². The summed E-state index contributed by atoms with van der Waals surface area (Å²) >= 11 is 0. The largest absolute Gasteiger partial charge is 0.478 e. The van der Waals surface area contributed by atoms with Crippen molar-refractivity contribution in [3.05, 3.63) is 29.3 Å². The van der Waals surface area contributed by atoms with Crippen LogP contribution in [0.2, 0.25) is 0 Å². The highest BCUT2D eigenvalue weighted by molar-refractivity contribution is 7.89. The van der Waals surface area contributed by atoms with Gasteiger partial charge in [-0.2, -0.15) is 0 Å². The number of nitrogens with two attached hydrogens (primary N) is 1. The zero-order chi connectivity index (χ0) is 19.3. The number of nitrogens with one attached hydrogen (secondary N) is 1. The fraction of sp³-hybridized carbons (Fsp3) is 0.611. The van der Waals surface area contributed by atoms with E-state index in [2.05, 4.69) is 19.2 Å². The molecule has 1 aromatic carbocycles. The molecule has 0 aliphatic carbocycles. The molecule has 0 unspecified atom stereocenters. The van der Waals surface area contributed by atoms with E-state index >= 15 is 0 Å². The number of carboxylic acids is 1. The third kappa shape index (κ3) is 10.2. The van der Waals surface area contributed by atoms with Crippen LogP contribution in [-0.2, 0) is 16.4 Å². The first-order chi connectivity index (χ1) is 11.8. The standard InChI is InChI=1S/C10H13NO4S.C8H19N/c1-2-3-7-6-8(16(11,14)15)4-5-9(7)10(12)13;1-3-5-7-9-8-6-4-2/h4-6H,2-3H2,1H3,(H,12,13)(H2,11,14,15);9H,3-8H2,1-2H3. The van der Waals surface area contributed by atoms with Crippen LogP contribution in [0.15, 0.2) is 23.1 Å². The first-order valence-corrected chi connectivity index (χ1v) is 10.4. The molecule has 144 valence electrons. The van der Waals surface area contributed by atoms with Gasteiger partial charge in [-0.1, -0.05) is 40.0 Å². The minimum atomic E-state index is -3.78. The van der Waals surface area contributed by atoms with Crippen LogP contribution in [0, 0.1) is 0 Å². The third-order valence-electron chi connectivity index (χ3n) is 3.57. The van der Waals surface area contributed by atoms with E-state index in [1.807, 2.05) is 6.92 Å². The molecule has 0 amide bonds. The van der Waals surface area contributed by atoms with Gasteiger partial charge in [-0.05, 0) is 56.1 Å². The molecule has 0 bridgehead atoms. The van der Waals surface area contributed by atoms with Gasteiger partial charge in [0.2, 0.25) is 10.0 Å². The van der Waals surface area contributed by atoms with Crippen molar-refractivity contribution in [1.29, 1.82) is 0 Å². The molecule has 0 saturated carbocycles. The molecule has 1 aromatic rings. The SMILES string of the molecule is CCCCNCCCC.CCCc1cc(S(N)(=O)=O)ccc1C(=O)O. The highest BCUT2D eigenvalue weighted by Gasteiger charge is 2.14. The number of aromatic carboxylic acids is 1. The Hall–Kier alpha value is -1.44. The monoisotopic (exact) mass is 372 g/mol. The lowest BCUT2D eigenvalue weighted by Crippen LogP contribution is -2.15. The second-order valence-electron chi connectivity index (χ2n) is 5.88. The van der Waals surface area contributed by atoms with Gasteiger partial charge in [-0.25, -0.2) is 18.4 Å². The molecule has 0 aromatic heterocycles. The van der Waals surface area contributed by atoms with Crippen molar-refractivity contribution in [1.82, 2.24) is 5.32 Å². The van der Waals surface area contributed by atoms with Crippen LogP contribution in [0.3, 0.4) is 0 Å². The molecular weight excluding hydrogens is 340 g/mol. The van der Waals surface area contributed by atoms with Gasteiger partial charge in [0, 0.05) is 0 Å². The average molecular weight is 373 g/mol. The smallest absolute Gasteiger partial charge is 0.335 e. The lowest BCUT2D eigenvalue weighted by atomic mass is 10.0. The van der Waals surface area contributed by atoms with Gasteiger partial charge >= 0.3 is 5.97 Å². The second kappa shape index (κ2) is 12.9. The summed E-state index contributed by atoms with van der Waals surface area (Å²) in [7, 11) is -3.78. The van der Waals surface area contributed by atoms with Crippen LogP contribution < -0.4 is 10.5 Å². The Morgan fingerprint density at radius 1 is 1.08 bits per heavy atom. The van der Waals surface area contributed by atoms with Gasteiger partial charge < -0.3 is 10.4 Å². The summed E-state index contributed by atoms with van der Waals surface area (Å²) in [6.45, 7) is 8.74. The van der Waals surface area contributed by atoms with Crippen molar-refractivity contribution in [3.8, 4) is 0 Å². The molecule has 0 heterocycles. The predicted molar refractivity (Wildman–Crippen MR) is 101 cm³/mol. The molecule has 0 aliphatic rings. The van der Waals surface area contributed by atoms with Crippen LogP contribution >= 0.6 is 0 Å². The number of primary sulfonamides is 1. The van der Waals surface area contributed by atoms with Gasteiger partial charge in [-0.15, -0.1) is 0 Å². The van der Waals surface area contributed by atoms with Gasteiger partial charge in [0.25, 0.3) is 0 Å². The zero-order valence-electron chi connectivity index (χ0n) is 15.5. The number of benzene rings is 1. The predicted octanol–water partition coefficient (Wildman–Crippen LogP) is 3.16. The van der Waals surface area contributed by atoms with E-state index in [0.717, 1.165) is 6.42 Å². The Morgan fingerprint density at radius 2 is 1.64 bits per heavy atom. The number of carbonyl (C=O) groups is 1. The molecule has 7 heteroatoms. The maximum absolute atomic E-state index is 11.1. The Labute approximate surface area is 151 Å². The summed E-state index contributed by atoms with van der Waals surface area (Å²) in [6, 6.07) is 3.80. The molecule has 4 N–H and O–H groups in total. The zero-order valence-corrected chi connectivity index (χ0v) is 16.4. The summed E-state index contributed by atoms with van der Waals surface area (Å²) in [4.78, 5) is 10.8. The molecule has 0 spiro atoms. The summed E-state index contributed by atoms with van der Waals surface area (Å²) in [5.41, 5.74) is 0.607. The van der Waals surface area contributed by atoms with E-state index in [4.69, 9.17) is 10.2 Å². The fourth-order valence-electron chi connectivity index (χ4n) is 2.16. The van der Waals surface area contributed by atoms with E-state index in [-0.39, 0.29) is 10.5 Å². The van der Waals surface area contributed by atoms with Crippen LogP contribution in [-0.4, -0.2) is 32.6 Å². The Bertz CT molecular complexity index is 610. The van der Waals surface area contributed by atoms with Crippen LogP contribution in [0.25, 0.3) is 0 Å². The summed E-state index contributed by atoms with van der Waals surface area (Å²) in [5, 5.41) is 17.3. The average Bonchev–Trinajstić information content (AvgIpc) is 2.54. The molecule has 1 rings (SSSR count). The lowest BCUT2D eigenvalue weighted by Gasteiger charge is -2.06. The molecule has 6 nitrogen and oxygen atoms in total. The van der Waals surface area contributed by atoms with E-state index in [1.54, 1.807) is 0 Å². The number of hydrogen-bond donors (Lipinski definition) is 3. The Balaban J connectivity index is 0.000000547. The quantitative estimate of drug-likeness (QED) is 0.547. The van der Waals surface area contributed by atoms with Gasteiger partial charge in [-0.3, -0.25) is 0 Å². The number of carboxylic acid groups (broad SMARTS) is 1. The molecule has 25 heavy (non-hydrogen) atoms. The molecule has 0 fully saturated rings. The van der Waals surface area contributed by atoms with Gasteiger partial charge in [0.1, 0.15) is 0 Å². The van der Waals surface area contributed by atoms with E-state index in [1.165, 1.54) is 57.0 Å². The van der Waals surface area contributed by atoms with Gasteiger partial charge in [0.15, 0.2) is 0 Å². The molecule has 0 saturated heterocycles. The number of unbranched alkanes of at least 4 members (excludes halogenated alkanes) is 2. The van der Waals surface area contributed by atoms with Gasteiger partial charge in [0.05, 0.1) is 10.5 Å². The minimum absolute atomic E-state index is 0.0547. The maximum atomic E-state index is 11.1. The van der Waals surface area contributed by atoms with Crippen molar-refractivity contribution in [2.45, 2.75) is 64.2 Å². The summed E-state index contributed by atoms with van der Waals surface area (Å²) < 4.78 is 22.2. The fourth-order valence-corrected chi connectivity index (χ4v) is 2.72. The van der Waals surface area contributed by atoms with Crippen molar-refractivity contribution in [2.75, 3.05) is 13.1 Å². The first-order valence-electron chi connectivity index (χ1n) is 8.87. The topological polar surface area (TPSA) is 109 Å². The number of rotatable bonds is 10. The third-order valence-corrected chi connectivity index (χ3v) is 4.48. The van der Waals surface area contributed by atoms with Crippen LogP contribution in [0.5, 0.6) is 0 Å². The normalized spacial score (nSPS) is 10.9. The number of aryl methyl sites for hydroxylation is 1. The van der Waals surface area contributed by atoms with E-state index < -0.39 is 16.0 Å². The van der Waals surface area contributed by atoms with Crippen molar-refractivity contribution in [3.63, 3.8) is 0 Å². The lowest BCUT2D eigenvalue weighted by molar-refractivity contribution is 0.0695. The number of sulfonamides is 1. The Kier molecular flexibility index (Phi) is 12.1. The molecule has 0 radical (unpaired) electrons. The molecule has 0 aliphatic heterocycles. The Morgan fingerprint density at radius 3 is 2.04 bits per heavy atom. The molecule has 0 atom stereocenters. The minimum Gasteiger partial charge on any atom is -0.478 e. The van der Waals surface area contributed by atoms with Crippen molar-refractivity contribution >= 4 is 16.0 Å². The summed E-state index contributed by atoms with van der Waals surface area (Å²) in [6.07, 6.45) is 6.49.